The number of amides is 1. The molecule has 0 saturated carbocycles. The fourth-order valence-electron chi connectivity index (χ4n) is 1.60. The number of nitrogens with one attached hydrogen (secondary N) is 1. The Morgan fingerprint density at radius 1 is 1.42 bits per heavy atom. The number of nitro groups is 1. The summed E-state index contributed by atoms with van der Waals surface area (Å²) >= 11 is 11.9. The van der Waals surface area contributed by atoms with Crippen molar-refractivity contribution in [1.82, 2.24) is 0 Å². The van der Waals surface area contributed by atoms with Gasteiger partial charge in [-0.05, 0) is 13.8 Å². The van der Waals surface area contributed by atoms with Crippen LogP contribution in [0.5, 0.6) is 0 Å². The highest BCUT2D eigenvalue weighted by atomic mass is 35.5. The standard InChI is InChI=1S/C11H13Cl2N3O3/c1-11(2,5-9(14)17)15-10-7(12)3-6(16(18)19)4-8(10)13/h3-4,15H,5H2,1-2H3,(H2,14,17). The van der Waals surface area contributed by atoms with Crippen LogP contribution in [0.15, 0.2) is 12.1 Å². The van der Waals surface area contributed by atoms with Crippen LogP contribution in [0, 0.1) is 10.1 Å². The Balaban J connectivity index is 3.09. The molecule has 104 valence electrons. The minimum atomic E-state index is -0.671. The first kappa shape index (κ1) is 15.5. The number of rotatable bonds is 5. The molecule has 0 heterocycles. The van der Waals surface area contributed by atoms with E-state index in [9.17, 15) is 14.9 Å². The van der Waals surface area contributed by atoms with Crippen LogP contribution < -0.4 is 11.1 Å². The maximum absolute atomic E-state index is 10.9. The van der Waals surface area contributed by atoms with E-state index in [1.807, 2.05) is 0 Å². The molecule has 0 fully saturated rings. The Kier molecular flexibility index (Phi) is 4.60. The summed E-state index contributed by atoms with van der Waals surface area (Å²) in [6.45, 7) is 3.48. The van der Waals surface area contributed by atoms with Crippen LogP contribution >= 0.6 is 23.2 Å². The second-order valence-electron chi connectivity index (χ2n) is 4.69. The van der Waals surface area contributed by atoms with Crippen LogP contribution in [-0.2, 0) is 4.79 Å². The highest BCUT2D eigenvalue weighted by molar-refractivity contribution is 6.39. The van der Waals surface area contributed by atoms with E-state index in [1.54, 1.807) is 13.8 Å². The van der Waals surface area contributed by atoms with E-state index in [-0.39, 0.29) is 22.2 Å². The zero-order valence-electron chi connectivity index (χ0n) is 10.4. The van der Waals surface area contributed by atoms with Gasteiger partial charge in [0.05, 0.1) is 20.7 Å². The molecule has 0 spiro atoms. The van der Waals surface area contributed by atoms with Gasteiger partial charge >= 0.3 is 0 Å². The lowest BCUT2D eigenvalue weighted by molar-refractivity contribution is -0.384. The summed E-state index contributed by atoms with van der Waals surface area (Å²) in [5, 5.41) is 13.8. The van der Waals surface area contributed by atoms with E-state index in [1.165, 1.54) is 12.1 Å². The second kappa shape index (κ2) is 5.63. The Morgan fingerprint density at radius 3 is 2.26 bits per heavy atom. The van der Waals surface area contributed by atoms with E-state index < -0.39 is 16.4 Å². The fourth-order valence-corrected chi connectivity index (χ4v) is 2.17. The molecule has 6 nitrogen and oxygen atoms in total. The minimum Gasteiger partial charge on any atom is -0.377 e. The topological polar surface area (TPSA) is 98.3 Å². The first-order valence-electron chi connectivity index (χ1n) is 5.32. The van der Waals surface area contributed by atoms with Crippen molar-refractivity contribution in [3.05, 3.63) is 32.3 Å². The maximum atomic E-state index is 10.9. The van der Waals surface area contributed by atoms with Crippen LogP contribution in [0.1, 0.15) is 20.3 Å². The van der Waals surface area contributed by atoms with E-state index in [4.69, 9.17) is 28.9 Å². The zero-order chi connectivity index (χ0) is 14.8. The molecular weight excluding hydrogens is 293 g/mol. The van der Waals surface area contributed by atoms with E-state index >= 15 is 0 Å². The molecule has 1 rings (SSSR count). The number of nitrogens with zero attached hydrogens (tertiary/aromatic N) is 1. The maximum Gasteiger partial charge on any atom is 0.272 e. The normalized spacial score (nSPS) is 11.2. The van der Waals surface area contributed by atoms with Gasteiger partial charge in [-0.3, -0.25) is 14.9 Å². The summed E-state index contributed by atoms with van der Waals surface area (Å²) in [6, 6.07) is 2.38. The van der Waals surface area contributed by atoms with Gasteiger partial charge in [0.25, 0.3) is 5.69 Å². The third-order valence-electron chi connectivity index (χ3n) is 2.32. The number of nitrogens with two attached hydrogens (primary N) is 1. The number of non-ortho nitro benzene ring substituents is 1. The van der Waals surface area contributed by atoms with Gasteiger partial charge in [-0.15, -0.1) is 0 Å². The lowest BCUT2D eigenvalue weighted by Gasteiger charge is -2.27. The Morgan fingerprint density at radius 2 is 1.89 bits per heavy atom. The quantitative estimate of drug-likeness (QED) is 0.645. The molecule has 3 N–H and O–H groups in total. The fraction of sp³-hybridized carbons (Fsp3) is 0.364. The summed E-state index contributed by atoms with van der Waals surface area (Å²) in [5.41, 5.74) is 4.60. The predicted octanol–water partition coefficient (Wildman–Crippen LogP) is 2.97. The molecule has 0 aliphatic carbocycles. The summed E-state index contributed by atoms with van der Waals surface area (Å²) in [4.78, 5) is 21.0. The Hall–Kier alpha value is -1.53. The highest BCUT2D eigenvalue weighted by Gasteiger charge is 2.24. The van der Waals surface area contributed by atoms with E-state index in [0.29, 0.717) is 5.69 Å². The molecule has 0 unspecified atom stereocenters. The third kappa shape index (κ3) is 4.25. The van der Waals surface area contributed by atoms with Crippen molar-refractivity contribution in [1.29, 1.82) is 0 Å². The molecule has 1 aromatic carbocycles. The molecule has 0 saturated heterocycles. The molecule has 0 aliphatic heterocycles. The van der Waals surface area contributed by atoms with Crippen LogP contribution in [0.4, 0.5) is 11.4 Å². The largest absolute Gasteiger partial charge is 0.377 e. The van der Waals surface area contributed by atoms with Crippen LogP contribution in [-0.4, -0.2) is 16.4 Å². The number of carbonyl (C=O) groups is 1. The van der Waals surface area contributed by atoms with Gasteiger partial charge in [0.1, 0.15) is 0 Å². The van der Waals surface area contributed by atoms with E-state index in [2.05, 4.69) is 5.32 Å². The van der Waals surface area contributed by atoms with Crippen molar-refractivity contribution < 1.29 is 9.72 Å². The van der Waals surface area contributed by atoms with Crippen LogP contribution in [0.25, 0.3) is 0 Å². The van der Waals surface area contributed by atoms with Crippen LogP contribution in [0.3, 0.4) is 0 Å². The van der Waals surface area contributed by atoms with Crippen molar-refractivity contribution >= 4 is 40.5 Å². The Bertz CT molecular complexity index is 509. The summed E-state index contributed by atoms with van der Waals surface area (Å²) in [6.07, 6.45) is 0.0661. The number of hydrogen-bond acceptors (Lipinski definition) is 4. The zero-order valence-corrected chi connectivity index (χ0v) is 11.9. The molecule has 1 amide bonds. The summed E-state index contributed by atoms with van der Waals surface area (Å²) < 4.78 is 0. The lowest BCUT2D eigenvalue weighted by Crippen LogP contribution is -2.36. The molecule has 0 aliphatic rings. The van der Waals surface area contributed by atoms with Crippen molar-refractivity contribution in [3.63, 3.8) is 0 Å². The molecule has 1 aromatic rings. The molecule has 0 radical (unpaired) electrons. The van der Waals surface area contributed by atoms with E-state index in [0.717, 1.165) is 0 Å². The number of nitro benzene ring substituents is 1. The molecule has 0 bridgehead atoms. The van der Waals surface area contributed by atoms with Gasteiger partial charge in [0.2, 0.25) is 5.91 Å². The van der Waals surface area contributed by atoms with Gasteiger partial charge < -0.3 is 11.1 Å². The molecular formula is C11H13Cl2N3O3. The highest BCUT2D eigenvalue weighted by Crippen LogP contribution is 2.36. The van der Waals surface area contributed by atoms with Gasteiger partial charge in [-0.1, -0.05) is 23.2 Å². The monoisotopic (exact) mass is 305 g/mol. The molecule has 0 atom stereocenters. The van der Waals surface area contributed by atoms with Crippen molar-refractivity contribution in [2.45, 2.75) is 25.8 Å². The number of anilines is 1. The average Bonchev–Trinajstić information content (AvgIpc) is 2.21. The smallest absolute Gasteiger partial charge is 0.272 e. The molecule has 0 aromatic heterocycles. The van der Waals surface area contributed by atoms with Crippen LogP contribution in [0.2, 0.25) is 10.0 Å². The first-order chi connectivity index (χ1) is 8.62. The number of halogens is 2. The second-order valence-corrected chi connectivity index (χ2v) is 5.51. The van der Waals surface area contributed by atoms with Gasteiger partial charge in [-0.25, -0.2) is 0 Å². The number of benzene rings is 1. The summed E-state index contributed by atoms with van der Waals surface area (Å²) in [5.74, 6) is -0.480. The van der Waals surface area contributed by atoms with Crippen molar-refractivity contribution in [3.8, 4) is 0 Å². The first-order valence-corrected chi connectivity index (χ1v) is 6.08. The Labute approximate surface area is 120 Å². The SMILES string of the molecule is CC(C)(CC(N)=O)Nc1c(Cl)cc([N+](=O)[O-])cc1Cl. The van der Waals surface area contributed by atoms with Gasteiger partial charge in [0, 0.05) is 24.1 Å². The lowest BCUT2D eigenvalue weighted by atomic mass is 10.00. The minimum absolute atomic E-state index is 0.0661. The molecule has 8 heteroatoms. The van der Waals surface area contributed by atoms with Gasteiger partial charge in [0.15, 0.2) is 0 Å². The number of carbonyl (C=O) groups excluding carboxylic acids is 1. The molecule has 19 heavy (non-hydrogen) atoms. The van der Waals surface area contributed by atoms with Gasteiger partial charge in [-0.2, -0.15) is 0 Å². The van der Waals surface area contributed by atoms with Crippen molar-refractivity contribution in [2.24, 2.45) is 5.73 Å². The van der Waals surface area contributed by atoms with Crippen molar-refractivity contribution in [2.75, 3.05) is 5.32 Å². The number of hydrogen-bond donors (Lipinski definition) is 2. The number of primary amides is 1. The summed E-state index contributed by atoms with van der Waals surface area (Å²) in [7, 11) is 0. The predicted molar refractivity (Wildman–Crippen MR) is 74.6 cm³/mol. The third-order valence-corrected chi connectivity index (χ3v) is 2.91. The average molecular weight is 306 g/mol.